The third kappa shape index (κ3) is 2.41. The average molecular weight is 252 g/mol. The number of nitrogens with zero attached hydrogens (tertiary/aromatic N) is 1. The molecule has 0 unspecified atom stereocenters. The molecule has 0 saturated heterocycles. The zero-order valence-corrected chi connectivity index (χ0v) is 12.5. The van der Waals surface area contributed by atoms with E-state index in [1.54, 1.807) is 0 Å². The van der Waals surface area contributed by atoms with Gasteiger partial charge < -0.3 is 5.32 Å². The van der Waals surface area contributed by atoms with Crippen LogP contribution in [-0.2, 0) is 5.54 Å². The van der Waals surface area contributed by atoms with E-state index in [4.69, 9.17) is 4.98 Å². The number of hydrogen-bond acceptors (Lipinski definition) is 3. The van der Waals surface area contributed by atoms with Gasteiger partial charge in [-0.05, 0) is 52.0 Å². The van der Waals surface area contributed by atoms with Gasteiger partial charge in [0.05, 0.1) is 11.2 Å². The zero-order valence-electron chi connectivity index (χ0n) is 11.7. The average Bonchev–Trinajstić information content (AvgIpc) is 2.61. The lowest BCUT2D eigenvalue weighted by Gasteiger charge is -2.42. The fourth-order valence-electron chi connectivity index (χ4n) is 2.60. The number of nitrogens with one attached hydrogen (secondary N) is 1. The number of thiazole rings is 1. The molecule has 1 aromatic rings. The second-order valence-electron chi connectivity index (χ2n) is 6.16. The molecule has 2 rings (SSSR count). The first kappa shape index (κ1) is 13.0. The maximum Gasteiger partial charge on any atom is 0.113 e. The summed E-state index contributed by atoms with van der Waals surface area (Å²) in [5, 5.41) is 4.86. The first-order chi connectivity index (χ1) is 7.88. The van der Waals surface area contributed by atoms with Crippen molar-refractivity contribution in [2.75, 3.05) is 7.05 Å². The topological polar surface area (TPSA) is 24.9 Å². The molecule has 1 fully saturated rings. The maximum atomic E-state index is 4.78. The molecule has 0 bridgehead atoms. The Morgan fingerprint density at radius 3 is 2.12 bits per heavy atom. The Labute approximate surface area is 109 Å². The SMILES string of the molecule is CNC1(c2nc(C)c(C)s2)CCC(C)(C)CC1. The molecular weight excluding hydrogens is 228 g/mol. The molecule has 1 heterocycles. The normalized spacial score (nSPS) is 22.6. The third-order valence-electron chi connectivity index (χ3n) is 4.37. The maximum absolute atomic E-state index is 4.78. The summed E-state index contributed by atoms with van der Waals surface area (Å²) in [5.74, 6) is 0. The van der Waals surface area contributed by atoms with E-state index in [0.717, 1.165) is 0 Å². The van der Waals surface area contributed by atoms with Crippen LogP contribution >= 0.6 is 11.3 Å². The molecule has 17 heavy (non-hydrogen) atoms. The molecule has 1 aromatic heterocycles. The summed E-state index contributed by atoms with van der Waals surface area (Å²) in [4.78, 5) is 6.14. The lowest BCUT2D eigenvalue weighted by Crippen LogP contribution is -2.44. The molecule has 1 N–H and O–H groups in total. The predicted octanol–water partition coefficient (Wildman–Crippen LogP) is 3.77. The van der Waals surface area contributed by atoms with Crippen LogP contribution in [0.2, 0.25) is 0 Å². The third-order valence-corrected chi connectivity index (χ3v) is 5.65. The summed E-state index contributed by atoms with van der Waals surface area (Å²) >= 11 is 1.87. The summed E-state index contributed by atoms with van der Waals surface area (Å²) in [5.41, 5.74) is 1.84. The van der Waals surface area contributed by atoms with Gasteiger partial charge in [-0.2, -0.15) is 0 Å². The van der Waals surface area contributed by atoms with Crippen molar-refractivity contribution in [2.45, 2.75) is 58.9 Å². The molecule has 0 aromatic carbocycles. The van der Waals surface area contributed by atoms with E-state index in [2.05, 4.69) is 40.1 Å². The molecule has 96 valence electrons. The molecular formula is C14H24N2S. The molecule has 0 amide bonds. The fraction of sp³-hybridized carbons (Fsp3) is 0.786. The minimum atomic E-state index is 0.138. The van der Waals surface area contributed by atoms with Crippen LogP contribution in [0.4, 0.5) is 0 Å². The highest BCUT2D eigenvalue weighted by Crippen LogP contribution is 2.46. The smallest absolute Gasteiger partial charge is 0.113 e. The van der Waals surface area contributed by atoms with Gasteiger partial charge in [-0.15, -0.1) is 11.3 Å². The minimum Gasteiger partial charge on any atom is -0.308 e. The van der Waals surface area contributed by atoms with Crippen LogP contribution in [0.25, 0.3) is 0 Å². The molecule has 2 nitrogen and oxygen atoms in total. The van der Waals surface area contributed by atoms with Gasteiger partial charge in [0.2, 0.25) is 0 Å². The zero-order chi connectivity index (χ0) is 12.7. The van der Waals surface area contributed by atoms with E-state index >= 15 is 0 Å². The van der Waals surface area contributed by atoms with Crippen LogP contribution in [0.5, 0.6) is 0 Å². The fourth-order valence-corrected chi connectivity index (χ4v) is 3.77. The summed E-state index contributed by atoms with van der Waals surface area (Å²) in [6, 6.07) is 0. The van der Waals surface area contributed by atoms with Gasteiger partial charge in [-0.25, -0.2) is 4.98 Å². The van der Waals surface area contributed by atoms with Gasteiger partial charge in [0, 0.05) is 4.88 Å². The van der Waals surface area contributed by atoms with Crippen LogP contribution in [-0.4, -0.2) is 12.0 Å². The largest absolute Gasteiger partial charge is 0.308 e. The number of aryl methyl sites for hydroxylation is 2. The summed E-state index contributed by atoms with van der Waals surface area (Å²) < 4.78 is 0. The van der Waals surface area contributed by atoms with Crippen molar-refractivity contribution in [3.63, 3.8) is 0 Å². The van der Waals surface area contributed by atoms with Gasteiger partial charge in [0.1, 0.15) is 5.01 Å². The van der Waals surface area contributed by atoms with Crippen molar-refractivity contribution in [1.82, 2.24) is 10.3 Å². The van der Waals surface area contributed by atoms with Crippen LogP contribution in [0, 0.1) is 19.3 Å². The van der Waals surface area contributed by atoms with Gasteiger partial charge in [-0.3, -0.25) is 0 Å². The first-order valence-electron chi connectivity index (χ1n) is 6.52. The Kier molecular flexibility index (Phi) is 3.34. The summed E-state index contributed by atoms with van der Waals surface area (Å²) in [6.07, 6.45) is 4.99. The van der Waals surface area contributed by atoms with E-state index in [1.165, 1.54) is 41.3 Å². The molecule has 1 aliphatic rings. The monoisotopic (exact) mass is 252 g/mol. The Bertz CT molecular complexity index is 377. The van der Waals surface area contributed by atoms with Crippen molar-refractivity contribution in [3.05, 3.63) is 15.6 Å². The van der Waals surface area contributed by atoms with Crippen molar-refractivity contribution < 1.29 is 0 Å². The Balaban J connectivity index is 2.27. The van der Waals surface area contributed by atoms with Gasteiger partial charge in [0.25, 0.3) is 0 Å². The summed E-state index contributed by atoms with van der Waals surface area (Å²) in [7, 11) is 2.09. The summed E-state index contributed by atoms with van der Waals surface area (Å²) in [6.45, 7) is 9.05. The number of rotatable bonds is 2. The van der Waals surface area contributed by atoms with Crippen LogP contribution in [0.3, 0.4) is 0 Å². The Hall–Kier alpha value is -0.410. The van der Waals surface area contributed by atoms with E-state index in [-0.39, 0.29) is 5.54 Å². The highest BCUT2D eigenvalue weighted by Gasteiger charge is 2.40. The lowest BCUT2D eigenvalue weighted by atomic mass is 9.69. The Morgan fingerprint density at radius 1 is 1.12 bits per heavy atom. The molecule has 0 spiro atoms. The molecule has 0 radical (unpaired) electrons. The van der Waals surface area contributed by atoms with Gasteiger partial charge in [0.15, 0.2) is 0 Å². The molecule has 0 aliphatic heterocycles. The highest BCUT2D eigenvalue weighted by atomic mass is 32.1. The first-order valence-corrected chi connectivity index (χ1v) is 7.34. The van der Waals surface area contributed by atoms with Crippen molar-refractivity contribution in [1.29, 1.82) is 0 Å². The van der Waals surface area contributed by atoms with E-state index < -0.39 is 0 Å². The van der Waals surface area contributed by atoms with Crippen molar-refractivity contribution in [2.24, 2.45) is 5.41 Å². The van der Waals surface area contributed by atoms with E-state index in [9.17, 15) is 0 Å². The van der Waals surface area contributed by atoms with Gasteiger partial charge >= 0.3 is 0 Å². The second-order valence-corrected chi connectivity index (χ2v) is 7.36. The van der Waals surface area contributed by atoms with Crippen molar-refractivity contribution >= 4 is 11.3 Å². The predicted molar refractivity (Wildman–Crippen MR) is 74.6 cm³/mol. The number of aromatic nitrogens is 1. The minimum absolute atomic E-state index is 0.138. The molecule has 3 heteroatoms. The van der Waals surface area contributed by atoms with E-state index in [1.807, 2.05) is 11.3 Å². The quantitative estimate of drug-likeness (QED) is 0.866. The van der Waals surface area contributed by atoms with Gasteiger partial charge in [-0.1, -0.05) is 13.8 Å². The van der Waals surface area contributed by atoms with Crippen LogP contribution in [0.15, 0.2) is 0 Å². The van der Waals surface area contributed by atoms with Crippen LogP contribution in [0.1, 0.15) is 55.1 Å². The standard InChI is InChI=1S/C14H24N2S/c1-10-11(2)17-12(16-10)14(15-5)8-6-13(3,4)7-9-14/h15H,6-9H2,1-5H3. The number of hydrogen-bond donors (Lipinski definition) is 1. The highest BCUT2D eigenvalue weighted by molar-refractivity contribution is 7.11. The lowest BCUT2D eigenvalue weighted by molar-refractivity contribution is 0.141. The van der Waals surface area contributed by atoms with Crippen LogP contribution < -0.4 is 5.32 Å². The van der Waals surface area contributed by atoms with Crippen molar-refractivity contribution in [3.8, 4) is 0 Å². The molecule has 1 aliphatic carbocycles. The molecule has 0 atom stereocenters. The molecule has 1 saturated carbocycles. The van der Waals surface area contributed by atoms with E-state index in [0.29, 0.717) is 5.41 Å². The Morgan fingerprint density at radius 2 is 1.71 bits per heavy atom. The second kappa shape index (κ2) is 4.36.